The van der Waals surface area contributed by atoms with E-state index in [1.165, 1.54) is 66.6 Å². The van der Waals surface area contributed by atoms with Crippen LogP contribution in [0.5, 0.6) is 17.2 Å². The lowest BCUT2D eigenvalue weighted by Gasteiger charge is -2.34. The number of rotatable bonds is 14. The third-order valence-corrected chi connectivity index (χ3v) is 9.09. The number of carbonyl (C=O) groups excluding carboxylic acids is 3. The van der Waals surface area contributed by atoms with Gasteiger partial charge in [-0.15, -0.1) is 0 Å². The molecular formula is C38H45FN10O7. The van der Waals surface area contributed by atoms with Crippen LogP contribution in [0, 0.1) is 11.2 Å². The van der Waals surface area contributed by atoms with Gasteiger partial charge in [0, 0.05) is 29.4 Å². The van der Waals surface area contributed by atoms with Gasteiger partial charge in [0.1, 0.15) is 39.9 Å². The molecule has 6 rings (SSSR count). The van der Waals surface area contributed by atoms with Gasteiger partial charge in [0.25, 0.3) is 11.8 Å². The molecule has 0 aliphatic carbocycles. The van der Waals surface area contributed by atoms with Crippen LogP contribution in [0.1, 0.15) is 67.9 Å². The Morgan fingerprint density at radius 3 is 2.07 bits per heavy atom. The van der Waals surface area contributed by atoms with E-state index in [0.717, 1.165) is 0 Å². The molecule has 1 atom stereocenters. The molecule has 17 nitrogen and oxygen atoms in total. The predicted molar refractivity (Wildman–Crippen MR) is 207 cm³/mol. The molecule has 6 aromatic rings. The van der Waals surface area contributed by atoms with Crippen LogP contribution in [-0.2, 0) is 9.53 Å². The van der Waals surface area contributed by atoms with Gasteiger partial charge in [0.2, 0.25) is 6.17 Å². The van der Waals surface area contributed by atoms with Crippen molar-refractivity contribution in [2.45, 2.75) is 52.7 Å². The minimum atomic E-state index is -1.53. The second kappa shape index (κ2) is 14.5. The summed E-state index contributed by atoms with van der Waals surface area (Å²) in [6.45, 7) is 10.3. The van der Waals surface area contributed by atoms with E-state index >= 15 is 0 Å². The van der Waals surface area contributed by atoms with Gasteiger partial charge in [0.05, 0.1) is 45.9 Å². The van der Waals surface area contributed by atoms with E-state index in [1.54, 1.807) is 24.3 Å². The molecule has 0 radical (unpaired) electrons. The molecule has 56 heavy (non-hydrogen) atoms. The van der Waals surface area contributed by atoms with E-state index in [9.17, 15) is 18.8 Å². The Morgan fingerprint density at radius 2 is 1.54 bits per heavy atom. The second-order valence-electron chi connectivity index (χ2n) is 15.0. The summed E-state index contributed by atoms with van der Waals surface area (Å²) in [5.74, 6) is -1.48. The fraction of sp³-hybridized carbons (Fsp3) is 0.342. The zero-order chi connectivity index (χ0) is 40.9. The largest absolute Gasteiger partial charge is 0.496 e. The van der Waals surface area contributed by atoms with Crippen molar-refractivity contribution in [3.8, 4) is 39.8 Å². The molecule has 0 bridgehead atoms. The standard InChI is InChI=1S/C38H45FN10O7/c1-37(2,3)18-38(4,5)46-33-28(19-10-12-20(39)13-11-19)47(35-23(30(41)51)17-43-49(33)35)34(36(52)56-9)45-32-27(44-31-22(29(40)50)16-42-48(31)32)26-24(54-7)14-21(53-6)15-25(26)55-8/h10-17,34,42,45-46H,18H2,1-9H3,(H2,40,50)(H2,41,51). The monoisotopic (exact) mass is 772 g/mol. The number of carbonyl (C=O) groups is 3. The molecule has 4 heterocycles. The van der Waals surface area contributed by atoms with Gasteiger partial charge in [-0.2, -0.15) is 9.61 Å². The minimum absolute atomic E-state index is 0.0289. The zero-order valence-corrected chi connectivity index (χ0v) is 32.5. The number of amides is 2. The molecule has 2 aromatic carbocycles. The lowest BCUT2D eigenvalue weighted by atomic mass is 9.82. The quantitative estimate of drug-likeness (QED) is 0.0904. The highest BCUT2D eigenvalue weighted by molar-refractivity contribution is 6.02. The highest BCUT2D eigenvalue weighted by Gasteiger charge is 2.37. The Balaban J connectivity index is 1.72. The number of imidazole rings is 2. The summed E-state index contributed by atoms with van der Waals surface area (Å²) < 4.78 is 41.3. The summed E-state index contributed by atoms with van der Waals surface area (Å²) in [5, 5.41) is 14.4. The Hall–Kier alpha value is -6.72. The number of aromatic amines is 1. The Morgan fingerprint density at radius 1 is 0.911 bits per heavy atom. The van der Waals surface area contributed by atoms with Gasteiger partial charge in [-0.25, -0.2) is 18.7 Å². The van der Waals surface area contributed by atoms with Crippen LogP contribution < -0.4 is 36.3 Å². The summed E-state index contributed by atoms with van der Waals surface area (Å²) in [6, 6.07) is 8.88. The first-order valence-corrected chi connectivity index (χ1v) is 17.4. The van der Waals surface area contributed by atoms with Gasteiger partial charge in [-0.3, -0.25) is 19.3 Å². The Labute approximate surface area is 321 Å². The first-order valence-electron chi connectivity index (χ1n) is 17.4. The summed E-state index contributed by atoms with van der Waals surface area (Å²) >= 11 is 0. The van der Waals surface area contributed by atoms with E-state index in [0.29, 0.717) is 34.8 Å². The number of esters is 1. The van der Waals surface area contributed by atoms with Crippen molar-refractivity contribution in [1.82, 2.24) is 28.8 Å². The molecule has 4 aromatic heterocycles. The first kappa shape index (κ1) is 39.0. The van der Waals surface area contributed by atoms with Crippen molar-refractivity contribution in [3.63, 3.8) is 0 Å². The van der Waals surface area contributed by atoms with Crippen molar-refractivity contribution in [3.05, 3.63) is 65.7 Å². The second-order valence-corrected chi connectivity index (χ2v) is 15.0. The van der Waals surface area contributed by atoms with Gasteiger partial charge in [-0.1, -0.05) is 20.8 Å². The van der Waals surface area contributed by atoms with Crippen molar-refractivity contribution >= 4 is 40.7 Å². The average molecular weight is 773 g/mol. The molecule has 1 unspecified atom stereocenters. The molecule has 0 aliphatic heterocycles. The number of anilines is 2. The molecule has 7 N–H and O–H groups in total. The smallest absolute Gasteiger partial charge is 0.349 e. The number of ether oxygens (including phenoxy) is 4. The van der Waals surface area contributed by atoms with Crippen molar-refractivity contribution in [2.24, 2.45) is 16.9 Å². The Kier molecular flexibility index (Phi) is 10.1. The number of primary amides is 2. The van der Waals surface area contributed by atoms with Gasteiger partial charge >= 0.3 is 5.97 Å². The zero-order valence-electron chi connectivity index (χ0n) is 32.5. The van der Waals surface area contributed by atoms with Gasteiger partial charge in [-0.05, 0) is 49.9 Å². The molecule has 0 saturated carbocycles. The van der Waals surface area contributed by atoms with Crippen molar-refractivity contribution < 1.29 is 37.7 Å². The highest BCUT2D eigenvalue weighted by Crippen LogP contribution is 2.46. The van der Waals surface area contributed by atoms with Gasteiger partial charge in [0.15, 0.2) is 22.9 Å². The number of halogens is 1. The minimum Gasteiger partial charge on any atom is -0.496 e. The van der Waals surface area contributed by atoms with E-state index in [1.807, 2.05) is 13.8 Å². The summed E-state index contributed by atoms with van der Waals surface area (Å²) in [5.41, 5.74) is 12.4. The maximum Gasteiger partial charge on any atom is 0.349 e. The third kappa shape index (κ3) is 7.00. The first-order chi connectivity index (χ1) is 26.4. The molecule has 2 amide bonds. The topological polar surface area (TPSA) is 220 Å². The number of benzene rings is 2. The number of nitrogens with two attached hydrogens (primary N) is 2. The normalized spacial score (nSPS) is 12.5. The number of H-pyrrole nitrogens is 1. The maximum atomic E-state index is 14.5. The molecular weight excluding hydrogens is 727 g/mol. The van der Waals surface area contributed by atoms with Crippen LogP contribution in [0.25, 0.3) is 33.8 Å². The van der Waals surface area contributed by atoms with Crippen molar-refractivity contribution in [2.75, 3.05) is 39.1 Å². The SMILES string of the molecule is COC(=O)C(Nc1c(-c2c(OC)cc(OC)cc2OC)nc2c(C(N)=O)c[nH]n12)n1c(-c2ccc(F)cc2)c(NC(C)(C)CC(C)(C)C)n2ncc(C(N)=O)c12. The molecule has 0 aliphatic rings. The Bertz CT molecular complexity index is 2440. The van der Waals surface area contributed by atoms with Crippen molar-refractivity contribution in [1.29, 1.82) is 0 Å². The molecule has 0 spiro atoms. The van der Waals surface area contributed by atoms with E-state index in [2.05, 4.69) is 41.6 Å². The van der Waals surface area contributed by atoms with E-state index < -0.39 is 35.3 Å². The molecule has 296 valence electrons. The van der Waals surface area contributed by atoms with E-state index in [-0.39, 0.29) is 50.8 Å². The van der Waals surface area contributed by atoms with Crippen LogP contribution in [0.4, 0.5) is 16.0 Å². The lowest BCUT2D eigenvalue weighted by molar-refractivity contribution is -0.143. The molecule has 0 saturated heterocycles. The predicted octanol–water partition coefficient (Wildman–Crippen LogP) is 5.22. The number of methoxy groups -OCH3 is 4. The van der Waals surface area contributed by atoms with Crippen LogP contribution >= 0.6 is 0 Å². The third-order valence-electron chi connectivity index (χ3n) is 9.09. The molecule has 18 heteroatoms. The van der Waals surface area contributed by atoms with Crippen LogP contribution in [0.3, 0.4) is 0 Å². The number of nitrogens with zero attached hydrogens (tertiary/aromatic N) is 5. The average Bonchev–Trinajstić information content (AvgIpc) is 3.90. The van der Waals surface area contributed by atoms with E-state index in [4.69, 9.17) is 35.4 Å². The summed E-state index contributed by atoms with van der Waals surface area (Å²) in [4.78, 5) is 44.8. The number of aromatic nitrogens is 6. The van der Waals surface area contributed by atoms with Crippen LogP contribution in [0.2, 0.25) is 0 Å². The lowest BCUT2D eigenvalue weighted by Crippen LogP contribution is -2.36. The highest BCUT2D eigenvalue weighted by atomic mass is 19.1. The fourth-order valence-corrected chi connectivity index (χ4v) is 7.29. The number of fused-ring (bicyclic) bond motifs is 2. The van der Waals surface area contributed by atoms with Gasteiger partial charge < -0.3 is 41.0 Å². The maximum absolute atomic E-state index is 14.5. The van der Waals surface area contributed by atoms with Crippen LogP contribution in [0.15, 0.2) is 48.8 Å². The fourth-order valence-electron chi connectivity index (χ4n) is 7.29. The molecule has 0 fully saturated rings. The number of hydrogen-bond acceptors (Lipinski definition) is 11. The summed E-state index contributed by atoms with van der Waals surface area (Å²) in [7, 11) is 5.59. The van der Waals surface area contributed by atoms with Crippen LogP contribution in [-0.4, -0.2) is 80.5 Å². The number of nitrogens with one attached hydrogen (secondary N) is 3. The summed E-state index contributed by atoms with van der Waals surface area (Å²) in [6.07, 6.45) is 1.82. The number of hydrogen-bond donors (Lipinski definition) is 5.